The summed E-state index contributed by atoms with van der Waals surface area (Å²) in [6.07, 6.45) is 3.45. The van der Waals surface area contributed by atoms with Crippen LogP contribution in [0.4, 0.5) is 11.5 Å². The fourth-order valence-electron chi connectivity index (χ4n) is 2.51. The Balaban J connectivity index is 1.80. The zero-order chi connectivity index (χ0) is 17.1. The van der Waals surface area contributed by atoms with Crippen molar-refractivity contribution >= 4 is 28.3 Å². The number of nitrogens with one attached hydrogen (secondary N) is 1. The zero-order valence-corrected chi connectivity index (χ0v) is 13.9. The average Bonchev–Trinajstić information content (AvgIpc) is 2.98. The zero-order valence-electron chi connectivity index (χ0n) is 13.9. The first-order chi connectivity index (χ1) is 11.6. The van der Waals surface area contributed by atoms with E-state index in [1.54, 1.807) is 11.1 Å². The molecule has 7 nitrogen and oxygen atoms in total. The van der Waals surface area contributed by atoms with Crippen molar-refractivity contribution < 1.29 is 9.53 Å². The molecule has 0 aliphatic rings. The summed E-state index contributed by atoms with van der Waals surface area (Å²) in [5.74, 6) is 0.445. The number of nitrogens with zero attached hydrogens (tertiary/aromatic N) is 4. The number of anilines is 2. The van der Waals surface area contributed by atoms with Crippen molar-refractivity contribution in [2.45, 2.75) is 6.54 Å². The van der Waals surface area contributed by atoms with Crippen molar-refractivity contribution in [1.29, 1.82) is 0 Å². The van der Waals surface area contributed by atoms with Gasteiger partial charge in [0.2, 0.25) is 5.91 Å². The number of hydrogen-bond acceptors (Lipinski definition) is 5. The molecular weight excluding hydrogens is 306 g/mol. The lowest BCUT2D eigenvalue weighted by Gasteiger charge is -2.17. The highest BCUT2D eigenvalue weighted by atomic mass is 16.5. The van der Waals surface area contributed by atoms with E-state index in [2.05, 4.69) is 15.3 Å². The minimum atomic E-state index is -0.145. The molecule has 0 saturated carbocycles. The summed E-state index contributed by atoms with van der Waals surface area (Å²) in [6, 6.07) is 10.2. The fraction of sp³-hybridized carbons (Fsp3) is 0.235. The molecule has 24 heavy (non-hydrogen) atoms. The molecule has 0 aliphatic heterocycles. The van der Waals surface area contributed by atoms with Gasteiger partial charge in [-0.3, -0.25) is 4.79 Å². The maximum absolute atomic E-state index is 12.4. The third kappa shape index (κ3) is 3.15. The molecule has 3 aromatic rings. The molecule has 0 aliphatic carbocycles. The lowest BCUT2D eigenvalue weighted by molar-refractivity contribution is -0.116. The maximum atomic E-state index is 12.4. The first-order valence-corrected chi connectivity index (χ1v) is 7.50. The van der Waals surface area contributed by atoms with Gasteiger partial charge in [0, 0.05) is 25.8 Å². The number of amides is 1. The van der Waals surface area contributed by atoms with Gasteiger partial charge in [0.1, 0.15) is 12.2 Å². The Morgan fingerprint density at radius 1 is 1.29 bits per heavy atom. The van der Waals surface area contributed by atoms with Crippen LogP contribution in [-0.2, 0) is 11.3 Å². The number of fused-ring (bicyclic) bond motifs is 1. The number of aromatic nitrogens is 3. The van der Waals surface area contributed by atoms with E-state index >= 15 is 0 Å². The number of carbonyl (C=O) groups excluding carboxylic acids is 1. The summed E-state index contributed by atoms with van der Waals surface area (Å²) in [6.45, 7) is 0.215. The van der Waals surface area contributed by atoms with Crippen LogP contribution in [0, 0.1) is 0 Å². The van der Waals surface area contributed by atoms with Crippen LogP contribution in [0.25, 0.3) is 10.9 Å². The third-order valence-corrected chi connectivity index (χ3v) is 3.62. The molecule has 0 fully saturated rings. The fourth-order valence-corrected chi connectivity index (χ4v) is 2.51. The van der Waals surface area contributed by atoms with Gasteiger partial charge in [0.25, 0.3) is 0 Å². The SMILES string of the molecule is COc1ncc(NC(=O)Cn2ccc3ccccc32)c(N(C)C)n1. The van der Waals surface area contributed by atoms with E-state index in [4.69, 9.17) is 4.74 Å². The molecule has 1 amide bonds. The number of para-hydroxylation sites is 1. The standard InChI is InChI=1S/C17H19N5O2/c1-21(2)16-13(10-18-17(20-16)24-3)19-15(23)11-22-9-8-12-6-4-5-7-14(12)22/h4-10H,11H2,1-3H3,(H,19,23). The molecule has 3 rings (SSSR count). The molecule has 2 aromatic heterocycles. The van der Waals surface area contributed by atoms with Crippen LogP contribution < -0.4 is 15.0 Å². The van der Waals surface area contributed by atoms with Gasteiger partial charge in [-0.2, -0.15) is 4.98 Å². The number of hydrogen-bond donors (Lipinski definition) is 1. The molecule has 0 saturated heterocycles. The van der Waals surface area contributed by atoms with Gasteiger partial charge in [-0.25, -0.2) is 4.98 Å². The van der Waals surface area contributed by atoms with Crippen LogP contribution in [0.2, 0.25) is 0 Å². The number of carbonyl (C=O) groups is 1. The molecule has 0 unspecified atom stereocenters. The normalized spacial score (nSPS) is 10.6. The van der Waals surface area contributed by atoms with Crippen LogP contribution >= 0.6 is 0 Å². The lowest BCUT2D eigenvalue weighted by Crippen LogP contribution is -2.21. The number of rotatable bonds is 5. The monoisotopic (exact) mass is 325 g/mol. The summed E-state index contributed by atoms with van der Waals surface area (Å²) < 4.78 is 6.94. The van der Waals surface area contributed by atoms with Gasteiger partial charge in [-0.05, 0) is 17.5 Å². The summed E-state index contributed by atoms with van der Waals surface area (Å²) in [5.41, 5.74) is 1.56. The molecule has 0 spiro atoms. The molecule has 7 heteroatoms. The summed E-state index contributed by atoms with van der Waals surface area (Å²) in [4.78, 5) is 22.5. The van der Waals surface area contributed by atoms with E-state index in [-0.39, 0.29) is 18.5 Å². The van der Waals surface area contributed by atoms with Crippen molar-refractivity contribution in [3.05, 3.63) is 42.7 Å². The second kappa shape index (κ2) is 6.57. The smallest absolute Gasteiger partial charge is 0.318 e. The maximum Gasteiger partial charge on any atom is 0.318 e. The van der Waals surface area contributed by atoms with Gasteiger partial charge in [-0.15, -0.1) is 0 Å². The Kier molecular flexibility index (Phi) is 4.33. The minimum Gasteiger partial charge on any atom is -0.467 e. The van der Waals surface area contributed by atoms with Gasteiger partial charge < -0.3 is 19.5 Å². The molecule has 1 N–H and O–H groups in total. The van der Waals surface area contributed by atoms with Crippen molar-refractivity contribution in [2.24, 2.45) is 0 Å². The largest absolute Gasteiger partial charge is 0.467 e. The van der Waals surface area contributed by atoms with E-state index < -0.39 is 0 Å². The predicted octanol–water partition coefficient (Wildman–Crippen LogP) is 2.14. The molecular formula is C17H19N5O2. The van der Waals surface area contributed by atoms with Crippen LogP contribution in [0.5, 0.6) is 6.01 Å². The van der Waals surface area contributed by atoms with Crippen molar-refractivity contribution in [1.82, 2.24) is 14.5 Å². The third-order valence-electron chi connectivity index (χ3n) is 3.62. The first-order valence-electron chi connectivity index (χ1n) is 7.50. The number of methoxy groups -OCH3 is 1. The topological polar surface area (TPSA) is 72.3 Å². The van der Waals surface area contributed by atoms with Crippen molar-refractivity contribution in [3.8, 4) is 6.01 Å². The highest BCUT2D eigenvalue weighted by Gasteiger charge is 2.13. The molecule has 0 bridgehead atoms. The molecule has 0 atom stereocenters. The van der Waals surface area contributed by atoms with Crippen LogP contribution in [0.15, 0.2) is 42.7 Å². The van der Waals surface area contributed by atoms with Gasteiger partial charge >= 0.3 is 6.01 Å². The number of benzene rings is 1. The van der Waals surface area contributed by atoms with E-state index in [0.29, 0.717) is 11.5 Å². The predicted molar refractivity (Wildman–Crippen MR) is 93.5 cm³/mol. The van der Waals surface area contributed by atoms with Crippen molar-refractivity contribution in [3.63, 3.8) is 0 Å². The van der Waals surface area contributed by atoms with Crippen LogP contribution in [0.3, 0.4) is 0 Å². The van der Waals surface area contributed by atoms with Gasteiger partial charge in [-0.1, -0.05) is 18.2 Å². The van der Waals surface area contributed by atoms with E-state index in [9.17, 15) is 4.79 Å². The quantitative estimate of drug-likeness (QED) is 0.778. The van der Waals surface area contributed by atoms with E-state index in [1.807, 2.05) is 55.2 Å². The summed E-state index contributed by atoms with van der Waals surface area (Å²) in [7, 11) is 5.19. The van der Waals surface area contributed by atoms with Gasteiger partial charge in [0.05, 0.1) is 13.3 Å². The van der Waals surface area contributed by atoms with Gasteiger partial charge in [0.15, 0.2) is 5.82 Å². The minimum absolute atomic E-state index is 0.145. The Morgan fingerprint density at radius 3 is 2.83 bits per heavy atom. The highest BCUT2D eigenvalue weighted by Crippen LogP contribution is 2.23. The van der Waals surface area contributed by atoms with Crippen LogP contribution in [-0.4, -0.2) is 41.6 Å². The first kappa shape index (κ1) is 15.8. The summed E-state index contributed by atoms with van der Waals surface area (Å²) >= 11 is 0. The van der Waals surface area contributed by atoms with E-state index in [1.165, 1.54) is 7.11 Å². The Hall–Kier alpha value is -3.09. The molecule has 2 heterocycles. The average molecular weight is 325 g/mol. The number of ether oxygens (including phenoxy) is 1. The summed E-state index contributed by atoms with van der Waals surface area (Å²) in [5, 5.41) is 3.97. The lowest BCUT2D eigenvalue weighted by atomic mass is 10.2. The molecule has 0 radical (unpaired) electrons. The van der Waals surface area contributed by atoms with E-state index in [0.717, 1.165) is 10.9 Å². The molecule has 1 aromatic carbocycles. The second-order valence-corrected chi connectivity index (χ2v) is 5.54. The Morgan fingerprint density at radius 2 is 2.08 bits per heavy atom. The Bertz CT molecular complexity index is 872. The van der Waals surface area contributed by atoms with Crippen LogP contribution in [0.1, 0.15) is 0 Å². The van der Waals surface area contributed by atoms with Crippen molar-refractivity contribution in [2.75, 3.05) is 31.4 Å². The Labute approximate surface area is 139 Å². The second-order valence-electron chi connectivity index (χ2n) is 5.54. The highest BCUT2D eigenvalue weighted by molar-refractivity contribution is 5.94. The molecule has 124 valence electrons.